The molecular weight excluding hydrogens is 236 g/mol. The van der Waals surface area contributed by atoms with Crippen molar-refractivity contribution < 1.29 is 4.74 Å². The molecule has 1 aliphatic carbocycles. The van der Waals surface area contributed by atoms with Crippen LogP contribution < -0.4 is 10.5 Å². The molecule has 1 aliphatic rings. The van der Waals surface area contributed by atoms with Crippen LogP contribution in [0.5, 0.6) is 5.75 Å². The van der Waals surface area contributed by atoms with E-state index in [1.165, 1.54) is 12.8 Å². The summed E-state index contributed by atoms with van der Waals surface area (Å²) in [5.74, 6) is 1.70. The summed E-state index contributed by atoms with van der Waals surface area (Å²) >= 11 is 0. The van der Waals surface area contributed by atoms with E-state index in [2.05, 4.69) is 11.9 Å². The molecule has 100 valence electrons. The standard InChI is InChI=1S/C16H20N2O/c1-11-3-2-4-13(9-11)19-16-7-8-18-15-10-12(17)5-6-14(15)16/h5-8,10-11,13H,2-4,9,17H2,1H3. The molecule has 0 saturated heterocycles. The van der Waals surface area contributed by atoms with Gasteiger partial charge in [-0.2, -0.15) is 0 Å². The lowest BCUT2D eigenvalue weighted by atomic mass is 9.89. The molecular formula is C16H20N2O. The summed E-state index contributed by atoms with van der Waals surface area (Å²) in [4.78, 5) is 4.35. The molecule has 2 atom stereocenters. The third-order valence-electron chi connectivity index (χ3n) is 3.91. The van der Waals surface area contributed by atoms with Crippen LogP contribution in [0.1, 0.15) is 32.6 Å². The van der Waals surface area contributed by atoms with Crippen LogP contribution >= 0.6 is 0 Å². The zero-order valence-electron chi connectivity index (χ0n) is 11.3. The van der Waals surface area contributed by atoms with E-state index in [0.29, 0.717) is 6.10 Å². The van der Waals surface area contributed by atoms with Gasteiger partial charge >= 0.3 is 0 Å². The summed E-state index contributed by atoms with van der Waals surface area (Å²) < 4.78 is 6.20. The van der Waals surface area contributed by atoms with Crippen LogP contribution in [0.25, 0.3) is 10.9 Å². The van der Waals surface area contributed by atoms with E-state index in [1.54, 1.807) is 6.20 Å². The summed E-state index contributed by atoms with van der Waals surface area (Å²) in [6.45, 7) is 2.31. The molecule has 0 radical (unpaired) electrons. The zero-order chi connectivity index (χ0) is 13.2. The first-order valence-electron chi connectivity index (χ1n) is 7.03. The Morgan fingerprint density at radius 1 is 1.26 bits per heavy atom. The summed E-state index contributed by atoms with van der Waals surface area (Å²) in [7, 11) is 0. The van der Waals surface area contributed by atoms with E-state index in [4.69, 9.17) is 10.5 Å². The largest absolute Gasteiger partial charge is 0.490 e. The van der Waals surface area contributed by atoms with Crippen LogP contribution in [-0.4, -0.2) is 11.1 Å². The van der Waals surface area contributed by atoms with Gasteiger partial charge in [0.2, 0.25) is 0 Å². The number of ether oxygens (including phenoxy) is 1. The second-order valence-electron chi connectivity index (χ2n) is 5.60. The lowest BCUT2D eigenvalue weighted by Gasteiger charge is -2.27. The summed E-state index contributed by atoms with van der Waals surface area (Å²) in [6.07, 6.45) is 7.03. The van der Waals surface area contributed by atoms with Gasteiger partial charge in [0.15, 0.2) is 0 Å². The van der Waals surface area contributed by atoms with Gasteiger partial charge in [-0.15, -0.1) is 0 Å². The Morgan fingerprint density at radius 3 is 3.00 bits per heavy atom. The van der Waals surface area contributed by atoms with Crippen molar-refractivity contribution in [2.45, 2.75) is 38.7 Å². The average Bonchev–Trinajstić information content (AvgIpc) is 2.38. The fraction of sp³-hybridized carbons (Fsp3) is 0.438. The molecule has 0 amide bonds. The lowest BCUT2D eigenvalue weighted by Crippen LogP contribution is -2.24. The van der Waals surface area contributed by atoms with Crippen molar-refractivity contribution in [3.63, 3.8) is 0 Å². The second-order valence-corrected chi connectivity index (χ2v) is 5.60. The highest BCUT2D eigenvalue weighted by molar-refractivity contribution is 5.87. The van der Waals surface area contributed by atoms with E-state index >= 15 is 0 Å². The molecule has 1 fully saturated rings. The molecule has 1 aromatic carbocycles. The van der Waals surface area contributed by atoms with E-state index < -0.39 is 0 Å². The van der Waals surface area contributed by atoms with Crippen LogP contribution in [0.2, 0.25) is 0 Å². The maximum atomic E-state index is 6.20. The number of nitrogens with two attached hydrogens (primary N) is 1. The molecule has 2 aromatic rings. The van der Waals surface area contributed by atoms with Crippen molar-refractivity contribution in [3.05, 3.63) is 30.5 Å². The minimum Gasteiger partial charge on any atom is -0.490 e. The first-order valence-corrected chi connectivity index (χ1v) is 7.03. The number of benzene rings is 1. The average molecular weight is 256 g/mol. The number of hydrogen-bond donors (Lipinski definition) is 1. The SMILES string of the molecule is CC1CCCC(Oc2ccnc3cc(N)ccc23)C1. The lowest BCUT2D eigenvalue weighted by molar-refractivity contribution is 0.131. The highest BCUT2D eigenvalue weighted by atomic mass is 16.5. The van der Waals surface area contributed by atoms with Gasteiger partial charge in [0, 0.05) is 17.3 Å². The quantitative estimate of drug-likeness (QED) is 0.832. The van der Waals surface area contributed by atoms with E-state index in [-0.39, 0.29) is 0 Å². The first-order chi connectivity index (χ1) is 9.22. The normalized spacial score (nSPS) is 23.4. The van der Waals surface area contributed by atoms with Crippen LogP contribution in [0, 0.1) is 5.92 Å². The van der Waals surface area contributed by atoms with Crippen molar-refractivity contribution >= 4 is 16.6 Å². The van der Waals surface area contributed by atoms with Crippen LogP contribution in [-0.2, 0) is 0 Å². The first kappa shape index (κ1) is 12.3. The van der Waals surface area contributed by atoms with Crippen molar-refractivity contribution in [2.75, 3.05) is 5.73 Å². The van der Waals surface area contributed by atoms with Gasteiger partial charge in [0.1, 0.15) is 5.75 Å². The molecule has 2 N–H and O–H groups in total. The highest BCUT2D eigenvalue weighted by Crippen LogP contribution is 2.31. The summed E-state index contributed by atoms with van der Waals surface area (Å²) in [5, 5.41) is 1.05. The predicted octanol–water partition coefficient (Wildman–Crippen LogP) is 3.77. The van der Waals surface area contributed by atoms with Crippen LogP contribution in [0.3, 0.4) is 0 Å². The van der Waals surface area contributed by atoms with Crippen molar-refractivity contribution in [1.29, 1.82) is 0 Å². The Hall–Kier alpha value is -1.77. The number of anilines is 1. The number of aromatic nitrogens is 1. The number of nitrogens with zero attached hydrogens (tertiary/aromatic N) is 1. The fourth-order valence-electron chi connectivity index (χ4n) is 2.91. The van der Waals surface area contributed by atoms with Crippen molar-refractivity contribution in [2.24, 2.45) is 5.92 Å². The molecule has 1 saturated carbocycles. The van der Waals surface area contributed by atoms with Crippen molar-refractivity contribution in [1.82, 2.24) is 4.98 Å². The minimum absolute atomic E-state index is 0.340. The number of fused-ring (bicyclic) bond motifs is 1. The molecule has 3 heteroatoms. The van der Waals surface area contributed by atoms with Gasteiger partial charge < -0.3 is 10.5 Å². The van der Waals surface area contributed by atoms with Crippen LogP contribution in [0.15, 0.2) is 30.5 Å². The topological polar surface area (TPSA) is 48.1 Å². The monoisotopic (exact) mass is 256 g/mol. The zero-order valence-corrected chi connectivity index (χ0v) is 11.3. The van der Waals surface area contributed by atoms with E-state index in [1.807, 2.05) is 24.3 Å². The Labute approximate surface area is 113 Å². The molecule has 2 unspecified atom stereocenters. The van der Waals surface area contributed by atoms with Gasteiger partial charge in [0.05, 0.1) is 11.6 Å². The summed E-state index contributed by atoms with van der Waals surface area (Å²) in [6, 6.07) is 7.75. The number of pyridine rings is 1. The highest BCUT2D eigenvalue weighted by Gasteiger charge is 2.20. The smallest absolute Gasteiger partial charge is 0.130 e. The number of hydrogen-bond acceptors (Lipinski definition) is 3. The molecule has 3 nitrogen and oxygen atoms in total. The maximum absolute atomic E-state index is 6.20. The Bertz CT molecular complexity index is 582. The van der Waals surface area contributed by atoms with Gasteiger partial charge in [0.25, 0.3) is 0 Å². The third kappa shape index (κ3) is 2.65. The fourth-order valence-corrected chi connectivity index (χ4v) is 2.91. The maximum Gasteiger partial charge on any atom is 0.130 e. The predicted molar refractivity (Wildman–Crippen MR) is 78.2 cm³/mol. The summed E-state index contributed by atoms with van der Waals surface area (Å²) in [5.41, 5.74) is 7.44. The van der Waals surface area contributed by atoms with Gasteiger partial charge in [-0.3, -0.25) is 4.98 Å². The van der Waals surface area contributed by atoms with Gasteiger partial charge in [-0.05, 0) is 49.4 Å². The van der Waals surface area contributed by atoms with Crippen molar-refractivity contribution in [3.8, 4) is 5.75 Å². The molecule has 19 heavy (non-hydrogen) atoms. The number of rotatable bonds is 2. The Balaban J connectivity index is 1.88. The van der Waals surface area contributed by atoms with E-state index in [0.717, 1.165) is 41.1 Å². The molecule has 1 heterocycles. The Kier molecular flexibility index (Phi) is 3.28. The molecule has 3 rings (SSSR count). The molecule has 0 spiro atoms. The number of nitrogen functional groups attached to an aromatic ring is 1. The van der Waals surface area contributed by atoms with Gasteiger partial charge in [-0.25, -0.2) is 0 Å². The molecule has 0 bridgehead atoms. The van der Waals surface area contributed by atoms with Crippen LogP contribution in [0.4, 0.5) is 5.69 Å². The molecule has 1 aromatic heterocycles. The molecule has 0 aliphatic heterocycles. The van der Waals surface area contributed by atoms with Gasteiger partial charge in [-0.1, -0.05) is 13.3 Å². The second kappa shape index (κ2) is 5.08. The minimum atomic E-state index is 0.340. The Morgan fingerprint density at radius 2 is 2.16 bits per heavy atom. The third-order valence-corrected chi connectivity index (χ3v) is 3.91. The van der Waals surface area contributed by atoms with E-state index in [9.17, 15) is 0 Å².